The fourth-order valence-electron chi connectivity index (χ4n) is 2.92. The quantitative estimate of drug-likeness (QED) is 0.868. The number of hydrogen-bond acceptors (Lipinski definition) is 3. The van der Waals surface area contributed by atoms with Crippen LogP contribution >= 0.6 is 0 Å². The number of hydrogen-bond donors (Lipinski definition) is 1. The van der Waals surface area contributed by atoms with Crippen molar-refractivity contribution in [3.63, 3.8) is 0 Å². The van der Waals surface area contributed by atoms with Crippen LogP contribution in [0.3, 0.4) is 0 Å². The zero-order valence-corrected chi connectivity index (χ0v) is 11.8. The molecule has 1 aliphatic rings. The molecule has 1 aromatic rings. The van der Waals surface area contributed by atoms with E-state index in [1.54, 1.807) is 0 Å². The molecule has 1 saturated heterocycles. The van der Waals surface area contributed by atoms with E-state index < -0.39 is 0 Å². The highest BCUT2D eigenvalue weighted by atomic mass is 15.2. The molecule has 1 fully saturated rings. The van der Waals surface area contributed by atoms with Crippen molar-refractivity contribution in [1.29, 1.82) is 0 Å². The molecule has 1 aliphatic heterocycles. The zero-order chi connectivity index (χ0) is 13.1. The third-order valence-electron chi connectivity index (χ3n) is 4.23. The minimum atomic E-state index is 0.325. The smallest absolute Gasteiger partial charge is 0.0948 e. The molecule has 0 aromatic carbocycles. The molecule has 2 heterocycles. The highest BCUT2D eigenvalue weighted by Crippen LogP contribution is 2.30. The van der Waals surface area contributed by atoms with Crippen molar-refractivity contribution < 1.29 is 0 Å². The SMILES string of the molecule is CCCn1cncc1C(CN)N1CC(C)C(C)C1. The minimum Gasteiger partial charge on any atom is -0.333 e. The summed E-state index contributed by atoms with van der Waals surface area (Å²) in [6, 6.07) is 0.325. The lowest BCUT2D eigenvalue weighted by atomic mass is 10.0. The Morgan fingerprint density at radius 3 is 2.61 bits per heavy atom. The van der Waals surface area contributed by atoms with Crippen LogP contribution in [0.4, 0.5) is 0 Å². The molecule has 0 saturated carbocycles. The summed E-state index contributed by atoms with van der Waals surface area (Å²) in [5, 5.41) is 0. The van der Waals surface area contributed by atoms with Gasteiger partial charge in [0.25, 0.3) is 0 Å². The van der Waals surface area contributed by atoms with E-state index >= 15 is 0 Å². The molecule has 4 heteroatoms. The van der Waals surface area contributed by atoms with Crippen LogP contribution in [0.2, 0.25) is 0 Å². The maximum absolute atomic E-state index is 6.02. The monoisotopic (exact) mass is 250 g/mol. The van der Waals surface area contributed by atoms with E-state index in [9.17, 15) is 0 Å². The number of rotatable bonds is 5. The molecular formula is C14H26N4. The fourth-order valence-corrected chi connectivity index (χ4v) is 2.92. The molecule has 4 nitrogen and oxygen atoms in total. The number of nitrogens with zero attached hydrogens (tertiary/aromatic N) is 3. The Bertz CT molecular complexity index is 364. The first-order valence-corrected chi connectivity index (χ1v) is 7.11. The number of nitrogens with two attached hydrogens (primary N) is 1. The molecule has 3 unspecified atom stereocenters. The third kappa shape index (κ3) is 2.59. The molecule has 0 spiro atoms. The van der Waals surface area contributed by atoms with Crippen LogP contribution < -0.4 is 5.73 Å². The van der Waals surface area contributed by atoms with Crippen LogP contribution in [0, 0.1) is 11.8 Å². The van der Waals surface area contributed by atoms with E-state index in [4.69, 9.17) is 5.73 Å². The summed E-state index contributed by atoms with van der Waals surface area (Å²) in [6.07, 6.45) is 5.05. The van der Waals surface area contributed by atoms with Crippen molar-refractivity contribution >= 4 is 0 Å². The zero-order valence-electron chi connectivity index (χ0n) is 11.8. The summed E-state index contributed by atoms with van der Waals surface area (Å²) in [4.78, 5) is 6.83. The second-order valence-electron chi connectivity index (χ2n) is 5.67. The van der Waals surface area contributed by atoms with Gasteiger partial charge in [0.1, 0.15) is 0 Å². The van der Waals surface area contributed by atoms with Gasteiger partial charge in [-0.3, -0.25) is 4.90 Å². The van der Waals surface area contributed by atoms with E-state index in [-0.39, 0.29) is 0 Å². The third-order valence-corrected chi connectivity index (χ3v) is 4.23. The molecular weight excluding hydrogens is 224 g/mol. The predicted octanol–water partition coefficient (Wildman–Crippen LogP) is 1.88. The van der Waals surface area contributed by atoms with Crippen LogP contribution in [-0.4, -0.2) is 34.1 Å². The highest BCUT2D eigenvalue weighted by molar-refractivity contribution is 5.08. The lowest BCUT2D eigenvalue weighted by Crippen LogP contribution is -2.33. The van der Waals surface area contributed by atoms with E-state index in [1.807, 2.05) is 12.5 Å². The molecule has 3 atom stereocenters. The molecule has 0 aliphatic carbocycles. The topological polar surface area (TPSA) is 47.1 Å². The van der Waals surface area contributed by atoms with Gasteiger partial charge in [-0.1, -0.05) is 20.8 Å². The summed E-state index contributed by atoms with van der Waals surface area (Å²) in [6.45, 7) is 10.9. The average Bonchev–Trinajstić information content (AvgIpc) is 2.90. The van der Waals surface area contributed by atoms with Gasteiger partial charge in [0, 0.05) is 32.4 Å². The lowest BCUT2D eigenvalue weighted by molar-refractivity contribution is 0.230. The molecule has 1 aromatic heterocycles. The molecule has 0 amide bonds. The Balaban J connectivity index is 2.15. The van der Waals surface area contributed by atoms with Gasteiger partial charge in [-0.2, -0.15) is 0 Å². The largest absolute Gasteiger partial charge is 0.333 e. The second kappa shape index (κ2) is 5.85. The molecule has 2 rings (SSSR count). The van der Waals surface area contributed by atoms with Crippen molar-refractivity contribution in [3.05, 3.63) is 18.2 Å². The fraction of sp³-hybridized carbons (Fsp3) is 0.786. The van der Waals surface area contributed by atoms with Crippen LogP contribution in [0.1, 0.15) is 38.9 Å². The van der Waals surface area contributed by atoms with Crippen LogP contribution in [0.5, 0.6) is 0 Å². The van der Waals surface area contributed by atoms with Gasteiger partial charge in [-0.15, -0.1) is 0 Å². The van der Waals surface area contributed by atoms with Crippen LogP contribution in [0.15, 0.2) is 12.5 Å². The standard InChI is InChI=1S/C14H26N4/c1-4-5-17-10-16-7-14(17)13(6-15)18-8-11(2)12(3)9-18/h7,10-13H,4-6,8-9,15H2,1-3H3. The number of imidazole rings is 1. The van der Waals surface area contributed by atoms with Gasteiger partial charge < -0.3 is 10.3 Å². The summed E-state index contributed by atoms with van der Waals surface area (Å²) in [5.74, 6) is 1.53. The van der Waals surface area contributed by atoms with E-state index in [0.29, 0.717) is 12.6 Å². The molecule has 0 radical (unpaired) electrons. The van der Waals surface area contributed by atoms with Gasteiger partial charge in [0.05, 0.1) is 18.1 Å². The van der Waals surface area contributed by atoms with Crippen molar-refractivity contribution in [2.45, 2.75) is 39.8 Å². The molecule has 2 N–H and O–H groups in total. The first-order valence-electron chi connectivity index (χ1n) is 7.11. The van der Waals surface area contributed by atoms with Gasteiger partial charge in [0.2, 0.25) is 0 Å². The van der Waals surface area contributed by atoms with Crippen molar-refractivity contribution in [1.82, 2.24) is 14.5 Å². The average molecular weight is 250 g/mol. The van der Waals surface area contributed by atoms with Crippen LogP contribution in [-0.2, 0) is 6.54 Å². The maximum atomic E-state index is 6.02. The van der Waals surface area contributed by atoms with Gasteiger partial charge in [-0.05, 0) is 18.3 Å². The Morgan fingerprint density at radius 1 is 1.39 bits per heavy atom. The number of aromatic nitrogens is 2. The Hall–Kier alpha value is -0.870. The summed E-state index contributed by atoms with van der Waals surface area (Å²) in [7, 11) is 0. The molecule has 102 valence electrons. The summed E-state index contributed by atoms with van der Waals surface area (Å²) >= 11 is 0. The Kier molecular flexibility index (Phi) is 4.40. The first kappa shape index (κ1) is 13.6. The number of likely N-dealkylation sites (tertiary alicyclic amines) is 1. The minimum absolute atomic E-state index is 0.325. The Morgan fingerprint density at radius 2 is 2.06 bits per heavy atom. The Labute approximate surface area is 110 Å². The lowest BCUT2D eigenvalue weighted by Gasteiger charge is -2.27. The summed E-state index contributed by atoms with van der Waals surface area (Å²) < 4.78 is 2.26. The van der Waals surface area contributed by atoms with E-state index in [2.05, 4.69) is 35.2 Å². The van der Waals surface area contributed by atoms with Gasteiger partial charge in [0.15, 0.2) is 0 Å². The van der Waals surface area contributed by atoms with Crippen LogP contribution in [0.25, 0.3) is 0 Å². The van der Waals surface area contributed by atoms with E-state index in [1.165, 1.54) is 5.69 Å². The molecule has 18 heavy (non-hydrogen) atoms. The highest BCUT2D eigenvalue weighted by Gasteiger charge is 2.32. The van der Waals surface area contributed by atoms with Gasteiger partial charge in [-0.25, -0.2) is 4.98 Å². The van der Waals surface area contributed by atoms with Gasteiger partial charge >= 0.3 is 0 Å². The van der Waals surface area contributed by atoms with Crippen molar-refractivity contribution in [3.8, 4) is 0 Å². The molecule has 0 bridgehead atoms. The normalized spacial score (nSPS) is 26.7. The van der Waals surface area contributed by atoms with Crippen molar-refractivity contribution in [2.75, 3.05) is 19.6 Å². The number of aryl methyl sites for hydroxylation is 1. The summed E-state index contributed by atoms with van der Waals surface area (Å²) in [5.41, 5.74) is 7.30. The second-order valence-corrected chi connectivity index (χ2v) is 5.67. The first-order chi connectivity index (χ1) is 8.67. The maximum Gasteiger partial charge on any atom is 0.0948 e. The predicted molar refractivity (Wildman–Crippen MR) is 74.2 cm³/mol. The van der Waals surface area contributed by atoms with Crippen molar-refractivity contribution in [2.24, 2.45) is 17.6 Å². The van der Waals surface area contributed by atoms with E-state index in [0.717, 1.165) is 37.9 Å².